The number of hydrogen-bond donors (Lipinski definition) is 1. The fraction of sp³-hybridized carbons (Fsp3) is 0.0833. The van der Waals surface area contributed by atoms with Crippen LogP contribution in [-0.4, -0.2) is 39.7 Å². The molecule has 4 rings (SSSR count). The second kappa shape index (κ2) is 10.4. The molecule has 4 aromatic rings. The largest absolute Gasteiger partial charge is 0.497 e. The minimum Gasteiger partial charge on any atom is -0.497 e. The number of benzene rings is 3. The van der Waals surface area contributed by atoms with Crippen LogP contribution in [0.2, 0.25) is 0 Å². The lowest BCUT2D eigenvalue weighted by molar-refractivity contribution is -0.118. The van der Waals surface area contributed by atoms with Gasteiger partial charge in [-0.05, 0) is 29.8 Å². The Balaban J connectivity index is 1.46. The maximum absolute atomic E-state index is 12.3. The van der Waals surface area contributed by atoms with Crippen LogP contribution >= 0.6 is 11.8 Å². The first-order chi connectivity index (χ1) is 15.7. The molecule has 7 nitrogen and oxygen atoms in total. The van der Waals surface area contributed by atoms with Crippen molar-refractivity contribution in [2.45, 2.75) is 5.16 Å². The first-order valence-corrected chi connectivity index (χ1v) is 10.9. The van der Waals surface area contributed by atoms with Gasteiger partial charge in [0.2, 0.25) is 0 Å². The number of rotatable bonds is 8. The normalized spacial score (nSPS) is 10.9. The van der Waals surface area contributed by atoms with Crippen LogP contribution in [0, 0.1) is 0 Å². The fourth-order valence-electron chi connectivity index (χ4n) is 3.01. The summed E-state index contributed by atoms with van der Waals surface area (Å²) in [7, 11) is 1.60. The highest BCUT2D eigenvalue weighted by Gasteiger charge is 2.16. The number of para-hydroxylation sites is 1. The molecule has 1 N–H and O–H groups in total. The molecule has 3 aromatic carbocycles. The number of methoxy groups -OCH3 is 1. The van der Waals surface area contributed by atoms with E-state index in [1.54, 1.807) is 13.3 Å². The monoisotopic (exact) mass is 443 g/mol. The van der Waals surface area contributed by atoms with E-state index in [1.807, 2.05) is 89.5 Å². The molecule has 0 radical (unpaired) electrons. The van der Waals surface area contributed by atoms with Gasteiger partial charge in [-0.1, -0.05) is 72.4 Å². The van der Waals surface area contributed by atoms with Gasteiger partial charge in [-0.3, -0.25) is 9.36 Å². The van der Waals surface area contributed by atoms with E-state index in [9.17, 15) is 4.79 Å². The Morgan fingerprint density at radius 2 is 1.78 bits per heavy atom. The van der Waals surface area contributed by atoms with Crippen LogP contribution in [0.4, 0.5) is 0 Å². The standard InChI is InChI=1S/C24H21N5O2S/c1-31-21-14-8-9-18(15-21)16-25-26-22(30)17-32-24-28-27-23(19-10-4-2-5-11-19)29(24)20-12-6-3-7-13-20/h2-16H,17H2,1H3,(H,26,30). The molecule has 0 fully saturated rings. The summed E-state index contributed by atoms with van der Waals surface area (Å²) >= 11 is 1.30. The molecule has 8 heteroatoms. The molecule has 0 unspecified atom stereocenters. The number of carbonyl (C=O) groups excluding carboxylic acids is 1. The highest BCUT2D eigenvalue weighted by atomic mass is 32.2. The Hall–Kier alpha value is -3.91. The van der Waals surface area contributed by atoms with E-state index in [-0.39, 0.29) is 11.7 Å². The van der Waals surface area contributed by atoms with Gasteiger partial charge in [-0.25, -0.2) is 5.43 Å². The molecule has 0 saturated carbocycles. The van der Waals surface area contributed by atoms with Crippen LogP contribution in [0.3, 0.4) is 0 Å². The highest BCUT2D eigenvalue weighted by Crippen LogP contribution is 2.27. The molecule has 0 atom stereocenters. The fourth-order valence-corrected chi connectivity index (χ4v) is 3.75. The molecule has 1 amide bonds. The summed E-state index contributed by atoms with van der Waals surface area (Å²) in [5, 5.41) is 13.4. The molecule has 0 aliphatic rings. The van der Waals surface area contributed by atoms with Crippen molar-refractivity contribution in [2.75, 3.05) is 12.9 Å². The topological polar surface area (TPSA) is 81.4 Å². The zero-order valence-corrected chi connectivity index (χ0v) is 18.2. The van der Waals surface area contributed by atoms with Crippen LogP contribution in [0.1, 0.15) is 5.56 Å². The summed E-state index contributed by atoms with van der Waals surface area (Å²) in [6.45, 7) is 0. The predicted molar refractivity (Wildman–Crippen MR) is 126 cm³/mol. The lowest BCUT2D eigenvalue weighted by atomic mass is 10.2. The second-order valence-electron chi connectivity index (χ2n) is 6.70. The van der Waals surface area contributed by atoms with Gasteiger partial charge < -0.3 is 4.74 Å². The maximum Gasteiger partial charge on any atom is 0.250 e. The number of hydrazone groups is 1. The smallest absolute Gasteiger partial charge is 0.250 e. The molecule has 0 spiro atoms. The summed E-state index contributed by atoms with van der Waals surface area (Å²) in [6.07, 6.45) is 1.57. The van der Waals surface area contributed by atoms with Crippen molar-refractivity contribution in [1.29, 1.82) is 0 Å². The summed E-state index contributed by atoms with van der Waals surface area (Å²) in [6, 6.07) is 27.1. The van der Waals surface area contributed by atoms with Crippen LogP contribution < -0.4 is 10.2 Å². The third-order valence-corrected chi connectivity index (χ3v) is 5.44. The third-order valence-electron chi connectivity index (χ3n) is 4.51. The highest BCUT2D eigenvalue weighted by molar-refractivity contribution is 7.99. The van der Waals surface area contributed by atoms with Crippen molar-refractivity contribution in [2.24, 2.45) is 5.10 Å². The number of aromatic nitrogens is 3. The van der Waals surface area contributed by atoms with E-state index in [2.05, 4.69) is 20.7 Å². The van der Waals surface area contributed by atoms with Gasteiger partial charge in [-0.2, -0.15) is 5.10 Å². The first kappa shape index (κ1) is 21.3. The van der Waals surface area contributed by atoms with Crippen molar-refractivity contribution >= 4 is 23.9 Å². The number of carbonyl (C=O) groups is 1. The zero-order valence-electron chi connectivity index (χ0n) is 17.4. The number of hydrogen-bond acceptors (Lipinski definition) is 6. The molecule has 32 heavy (non-hydrogen) atoms. The van der Waals surface area contributed by atoms with Crippen molar-refractivity contribution in [3.63, 3.8) is 0 Å². The van der Waals surface area contributed by atoms with Gasteiger partial charge in [0, 0.05) is 11.3 Å². The van der Waals surface area contributed by atoms with Gasteiger partial charge in [-0.15, -0.1) is 10.2 Å². The lowest BCUT2D eigenvalue weighted by Gasteiger charge is -2.10. The van der Waals surface area contributed by atoms with Gasteiger partial charge in [0.15, 0.2) is 11.0 Å². The molecular formula is C24H21N5O2S. The average Bonchev–Trinajstić information content (AvgIpc) is 3.28. The quantitative estimate of drug-likeness (QED) is 0.251. The summed E-state index contributed by atoms with van der Waals surface area (Å²) in [4.78, 5) is 12.3. The Morgan fingerprint density at radius 1 is 1.03 bits per heavy atom. The minimum absolute atomic E-state index is 0.148. The van der Waals surface area contributed by atoms with Crippen molar-refractivity contribution in [3.05, 3.63) is 90.5 Å². The number of thioether (sulfide) groups is 1. The number of nitrogens with one attached hydrogen (secondary N) is 1. The molecule has 0 saturated heterocycles. The summed E-state index contributed by atoms with van der Waals surface area (Å²) < 4.78 is 7.14. The van der Waals surface area contributed by atoms with E-state index in [0.717, 1.165) is 28.4 Å². The van der Waals surface area contributed by atoms with Crippen LogP contribution in [0.25, 0.3) is 17.1 Å². The predicted octanol–water partition coefficient (Wildman–Crippen LogP) is 4.19. The molecule has 0 bridgehead atoms. The Morgan fingerprint density at radius 3 is 2.53 bits per heavy atom. The molecular weight excluding hydrogens is 422 g/mol. The number of amides is 1. The van der Waals surface area contributed by atoms with Crippen LogP contribution in [0.15, 0.2) is 95.2 Å². The molecule has 0 aliphatic carbocycles. The first-order valence-electron chi connectivity index (χ1n) is 9.89. The Kier molecular flexibility index (Phi) is 6.94. The van der Waals surface area contributed by atoms with Crippen LogP contribution in [-0.2, 0) is 4.79 Å². The number of ether oxygens (including phenoxy) is 1. The maximum atomic E-state index is 12.3. The van der Waals surface area contributed by atoms with E-state index < -0.39 is 0 Å². The van der Waals surface area contributed by atoms with E-state index in [1.165, 1.54) is 11.8 Å². The van der Waals surface area contributed by atoms with Gasteiger partial charge in [0.1, 0.15) is 5.75 Å². The second-order valence-corrected chi connectivity index (χ2v) is 7.64. The minimum atomic E-state index is -0.238. The Bertz CT molecular complexity index is 1210. The molecule has 1 heterocycles. The number of nitrogens with zero attached hydrogens (tertiary/aromatic N) is 4. The summed E-state index contributed by atoms with van der Waals surface area (Å²) in [5.41, 5.74) is 5.25. The van der Waals surface area contributed by atoms with Gasteiger partial charge in [0.05, 0.1) is 19.1 Å². The van der Waals surface area contributed by atoms with E-state index >= 15 is 0 Å². The molecule has 1 aromatic heterocycles. The average molecular weight is 444 g/mol. The lowest BCUT2D eigenvalue weighted by Crippen LogP contribution is -2.20. The van der Waals surface area contributed by atoms with Crippen LogP contribution in [0.5, 0.6) is 5.75 Å². The summed E-state index contributed by atoms with van der Waals surface area (Å²) in [5.74, 6) is 1.36. The van der Waals surface area contributed by atoms with Crippen molar-refractivity contribution in [1.82, 2.24) is 20.2 Å². The molecule has 160 valence electrons. The van der Waals surface area contributed by atoms with Gasteiger partial charge >= 0.3 is 0 Å². The van der Waals surface area contributed by atoms with E-state index in [0.29, 0.717) is 5.16 Å². The van der Waals surface area contributed by atoms with Crippen molar-refractivity contribution < 1.29 is 9.53 Å². The SMILES string of the molecule is COc1cccc(C=NNC(=O)CSc2nnc(-c3ccccc3)n2-c2ccccc2)c1. The molecule has 0 aliphatic heterocycles. The van der Waals surface area contributed by atoms with Crippen molar-refractivity contribution in [3.8, 4) is 22.8 Å². The third kappa shape index (κ3) is 5.22. The van der Waals surface area contributed by atoms with Gasteiger partial charge in [0.25, 0.3) is 5.91 Å². The Labute approximate surface area is 190 Å². The van der Waals surface area contributed by atoms with E-state index in [4.69, 9.17) is 4.74 Å². The zero-order chi connectivity index (χ0) is 22.2.